The van der Waals surface area contributed by atoms with E-state index in [2.05, 4.69) is 10.3 Å². The second-order valence-corrected chi connectivity index (χ2v) is 6.03. The molecule has 116 valence electrons. The van der Waals surface area contributed by atoms with Gasteiger partial charge in [0.25, 0.3) is 5.56 Å². The lowest BCUT2D eigenvalue weighted by Gasteiger charge is -2.11. The largest absolute Gasteiger partial charge is 0.324 e. The first kappa shape index (κ1) is 16.3. The van der Waals surface area contributed by atoms with E-state index < -0.39 is 0 Å². The maximum atomic E-state index is 12.1. The monoisotopic (exact) mass is 317 g/mol. The second-order valence-electron chi connectivity index (χ2n) is 5.18. The van der Waals surface area contributed by atoms with Crippen molar-refractivity contribution in [1.82, 2.24) is 9.55 Å². The molecule has 22 heavy (non-hydrogen) atoms. The number of nitrogens with one attached hydrogen (secondary N) is 1. The first-order valence-electron chi connectivity index (χ1n) is 7.00. The zero-order chi connectivity index (χ0) is 16.1. The molecule has 1 N–H and O–H groups in total. The van der Waals surface area contributed by atoms with E-state index in [0.29, 0.717) is 0 Å². The first-order chi connectivity index (χ1) is 10.5. The number of hydrogen-bond donors (Lipinski definition) is 1. The molecule has 0 radical (unpaired) electrons. The number of anilines is 1. The number of nitrogens with zero attached hydrogens (tertiary/aromatic N) is 2. The molecule has 0 aliphatic rings. The van der Waals surface area contributed by atoms with Crippen molar-refractivity contribution in [3.8, 4) is 0 Å². The maximum absolute atomic E-state index is 12.1. The van der Waals surface area contributed by atoms with E-state index in [1.165, 1.54) is 17.0 Å². The van der Waals surface area contributed by atoms with Crippen LogP contribution in [0.25, 0.3) is 0 Å². The van der Waals surface area contributed by atoms with Gasteiger partial charge in [-0.25, -0.2) is 4.98 Å². The standard InChI is InChI=1S/C16H19N3O2S/c1-11(2)13-8-16(21)19(10-17-13)9-15(20)18-12-6-4-5-7-14(12)22-3/h4-8,10-11H,9H2,1-3H3,(H,18,20). The van der Waals surface area contributed by atoms with Crippen LogP contribution >= 0.6 is 11.8 Å². The smallest absolute Gasteiger partial charge is 0.254 e. The van der Waals surface area contributed by atoms with Crippen molar-refractivity contribution >= 4 is 23.4 Å². The summed E-state index contributed by atoms with van der Waals surface area (Å²) in [4.78, 5) is 29.3. The number of carbonyl (C=O) groups excluding carboxylic acids is 1. The third kappa shape index (κ3) is 3.98. The molecule has 0 saturated carbocycles. The Morgan fingerprint density at radius 2 is 2.09 bits per heavy atom. The van der Waals surface area contributed by atoms with Crippen LogP contribution in [-0.2, 0) is 11.3 Å². The van der Waals surface area contributed by atoms with E-state index in [4.69, 9.17) is 0 Å². The minimum absolute atomic E-state index is 0.0487. The van der Waals surface area contributed by atoms with Gasteiger partial charge in [-0.2, -0.15) is 0 Å². The summed E-state index contributed by atoms with van der Waals surface area (Å²) in [6.07, 6.45) is 3.38. The summed E-state index contributed by atoms with van der Waals surface area (Å²) >= 11 is 1.56. The third-order valence-electron chi connectivity index (χ3n) is 3.19. The second kappa shape index (κ2) is 7.26. The average Bonchev–Trinajstić information content (AvgIpc) is 2.49. The molecular formula is C16H19N3O2S. The Hall–Kier alpha value is -2.08. The van der Waals surface area contributed by atoms with Gasteiger partial charge in [-0.3, -0.25) is 14.2 Å². The first-order valence-corrected chi connectivity index (χ1v) is 8.23. The highest BCUT2D eigenvalue weighted by Crippen LogP contribution is 2.24. The topological polar surface area (TPSA) is 64.0 Å². The molecule has 0 aliphatic carbocycles. The molecule has 0 aliphatic heterocycles. The summed E-state index contributed by atoms with van der Waals surface area (Å²) in [5, 5.41) is 2.83. The van der Waals surface area contributed by atoms with Crippen LogP contribution in [0.5, 0.6) is 0 Å². The van der Waals surface area contributed by atoms with E-state index >= 15 is 0 Å². The zero-order valence-corrected chi connectivity index (χ0v) is 13.7. The molecule has 0 spiro atoms. The molecule has 0 atom stereocenters. The fourth-order valence-electron chi connectivity index (χ4n) is 1.97. The van der Waals surface area contributed by atoms with Crippen molar-refractivity contribution in [3.63, 3.8) is 0 Å². The zero-order valence-electron chi connectivity index (χ0n) is 12.9. The van der Waals surface area contributed by atoms with Gasteiger partial charge in [0.2, 0.25) is 5.91 Å². The minimum Gasteiger partial charge on any atom is -0.324 e. The summed E-state index contributed by atoms with van der Waals surface area (Å²) in [6.45, 7) is 3.89. The number of para-hydroxylation sites is 1. The van der Waals surface area contributed by atoms with E-state index in [1.54, 1.807) is 11.8 Å². The summed E-state index contributed by atoms with van der Waals surface area (Å²) < 4.78 is 1.31. The normalized spacial score (nSPS) is 10.7. The summed E-state index contributed by atoms with van der Waals surface area (Å²) in [5.74, 6) is -0.0627. The summed E-state index contributed by atoms with van der Waals surface area (Å²) in [6, 6.07) is 9.03. The number of aromatic nitrogens is 2. The van der Waals surface area contributed by atoms with E-state index in [0.717, 1.165) is 16.3 Å². The van der Waals surface area contributed by atoms with Gasteiger partial charge in [0.05, 0.1) is 17.7 Å². The highest BCUT2D eigenvalue weighted by molar-refractivity contribution is 7.98. The van der Waals surface area contributed by atoms with Crippen LogP contribution in [0.2, 0.25) is 0 Å². The average molecular weight is 317 g/mol. The molecule has 6 heteroatoms. The number of benzene rings is 1. The van der Waals surface area contributed by atoms with Crippen molar-refractivity contribution in [2.45, 2.75) is 31.2 Å². The van der Waals surface area contributed by atoms with Crippen molar-refractivity contribution in [1.29, 1.82) is 0 Å². The molecule has 0 fully saturated rings. The molecule has 1 aromatic carbocycles. The Morgan fingerprint density at radius 1 is 1.36 bits per heavy atom. The maximum Gasteiger partial charge on any atom is 0.254 e. The lowest BCUT2D eigenvalue weighted by Crippen LogP contribution is -2.28. The predicted molar refractivity (Wildman–Crippen MR) is 89.4 cm³/mol. The van der Waals surface area contributed by atoms with Gasteiger partial charge >= 0.3 is 0 Å². The van der Waals surface area contributed by atoms with Crippen molar-refractivity contribution in [2.75, 3.05) is 11.6 Å². The van der Waals surface area contributed by atoms with Crippen molar-refractivity contribution in [2.24, 2.45) is 0 Å². The van der Waals surface area contributed by atoms with Crippen LogP contribution in [0.1, 0.15) is 25.5 Å². The summed E-state index contributed by atoms with van der Waals surface area (Å²) in [7, 11) is 0. The quantitative estimate of drug-likeness (QED) is 0.861. The Bertz CT molecular complexity index is 725. The van der Waals surface area contributed by atoms with Gasteiger partial charge in [0, 0.05) is 11.0 Å². The molecule has 0 unspecified atom stereocenters. The molecule has 2 aromatic rings. The molecule has 2 rings (SSSR count). The minimum atomic E-state index is -0.248. The number of thioether (sulfide) groups is 1. The van der Waals surface area contributed by atoms with Gasteiger partial charge in [0.15, 0.2) is 0 Å². The Morgan fingerprint density at radius 3 is 2.73 bits per heavy atom. The number of hydrogen-bond acceptors (Lipinski definition) is 4. The van der Waals surface area contributed by atoms with Gasteiger partial charge in [-0.05, 0) is 24.3 Å². The van der Waals surface area contributed by atoms with Gasteiger partial charge in [0.1, 0.15) is 6.54 Å². The molecular weight excluding hydrogens is 298 g/mol. The van der Waals surface area contributed by atoms with Crippen LogP contribution in [-0.4, -0.2) is 21.7 Å². The van der Waals surface area contributed by atoms with E-state index in [-0.39, 0.29) is 23.9 Å². The third-order valence-corrected chi connectivity index (χ3v) is 3.98. The molecule has 1 amide bonds. The fourth-order valence-corrected chi connectivity index (χ4v) is 2.52. The lowest BCUT2D eigenvalue weighted by atomic mass is 10.1. The highest BCUT2D eigenvalue weighted by atomic mass is 32.2. The van der Waals surface area contributed by atoms with Crippen LogP contribution in [0, 0.1) is 0 Å². The predicted octanol–water partition coefficient (Wildman–Crippen LogP) is 2.73. The van der Waals surface area contributed by atoms with Gasteiger partial charge < -0.3 is 5.32 Å². The Labute approximate surface area is 133 Å². The van der Waals surface area contributed by atoms with E-state index in [9.17, 15) is 9.59 Å². The molecule has 5 nitrogen and oxygen atoms in total. The van der Waals surface area contributed by atoms with Crippen LogP contribution < -0.4 is 10.9 Å². The summed E-state index contributed by atoms with van der Waals surface area (Å²) in [5.41, 5.74) is 1.26. The van der Waals surface area contributed by atoms with Gasteiger partial charge in [-0.1, -0.05) is 26.0 Å². The van der Waals surface area contributed by atoms with E-state index in [1.807, 2.05) is 44.4 Å². The SMILES string of the molecule is CSc1ccccc1NC(=O)Cn1cnc(C(C)C)cc1=O. The molecule has 0 saturated heterocycles. The Balaban J connectivity index is 2.11. The van der Waals surface area contributed by atoms with Crippen LogP contribution in [0.3, 0.4) is 0 Å². The van der Waals surface area contributed by atoms with Crippen LogP contribution in [0.15, 0.2) is 46.3 Å². The van der Waals surface area contributed by atoms with Crippen molar-refractivity contribution in [3.05, 3.63) is 52.7 Å². The lowest BCUT2D eigenvalue weighted by molar-refractivity contribution is -0.116. The number of carbonyl (C=O) groups is 1. The number of amides is 1. The molecule has 1 heterocycles. The molecule has 1 aromatic heterocycles. The van der Waals surface area contributed by atoms with Crippen molar-refractivity contribution < 1.29 is 4.79 Å². The number of rotatable bonds is 5. The van der Waals surface area contributed by atoms with Crippen LogP contribution in [0.4, 0.5) is 5.69 Å². The molecule has 0 bridgehead atoms. The highest BCUT2D eigenvalue weighted by Gasteiger charge is 2.09. The Kier molecular flexibility index (Phi) is 5.38. The fraction of sp³-hybridized carbons (Fsp3) is 0.312. The van der Waals surface area contributed by atoms with Gasteiger partial charge in [-0.15, -0.1) is 11.8 Å².